The standard InChI is InChI=1S/C18H16ClN3O3S2/c1-11-13(16(19)22(20-11)12-6-3-2-4-7-12)10-14-17(25)21(18(26)27-14)9-5-8-15(23)24/h2-4,6-7,10H,5,8-9H2,1H3,(H,23,24). The first kappa shape index (κ1) is 19.6. The van der Waals surface area contributed by atoms with Gasteiger partial charge in [0.25, 0.3) is 5.91 Å². The number of nitrogens with zero attached hydrogens (tertiary/aromatic N) is 3. The lowest BCUT2D eigenvalue weighted by molar-refractivity contribution is -0.137. The molecule has 1 fully saturated rings. The number of aryl methyl sites for hydroxylation is 1. The number of thioether (sulfide) groups is 1. The summed E-state index contributed by atoms with van der Waals surface area (Å²) < 4.78 is 2.04. The maximum Gasteiger partial charge on any atom is 0.303 e. The highest BCUT2D eigenvalue weighted by molar-refractivity contribution is 8.26. The predicted octanol–water partition coefficient (Wildman–Crippen LogP) is 3.90. The highest BCUT2D eigenvalue weighted by atomic mass is 35.5. The van der Waals surface area contributed by atoms with E-state index in [4.69, 9.17) is 28.9 Å². The molecule has 1 aromatic heterocycles. The van der Waals surface area contributed by atoms with Crippen molar-refractivity contribution in [3.8, 4) is 5.69 Å². The first-order valence-electron chi connectivity index (χ1n) is 8.16. The van der Waals surface area contributed by atoms with Crippen LogP contribution in [0.2, 0.25) is 5.15 Å². The summed E-state index contributed by atoms with van der Waals surface area (Å²) in [5.41, 5.74) is 2.18. The summed E-state index contributed by atoms with van der Waals surface area (Å²) in [7, 11) is 0. The van der Waals surface area contributed by atoms with E-state index in [0.717, 1.165) is 5.69 Å². The van der Waals surface area contributed by atoms with Gasteiger partial charge < -0.3 is 5.11 Å². The Hall–Kier alpha value is -2.16. The molecular weight excluding hydrogens is 406 g/mol. The quantitative estimate of drug-likeness (QED) is 0.563. The third kappa shape index (κ3) is 4.23. The number of aliphatic carboxylic acids is 1. The average Bonchev–Trinajstić information content (AvgIpc) is 3.07. The maximum absolute atomic E-state index is 12.6. The van der Waals surface area contributed by atoms with E-state index in [1.165, 1.54) is 16.7 Å². The van der Waals surface area contributed by atoms with E-state index >= 15 is 0 Å². The molecule has 0 bridgehead atoms. The van der Waals surface area contributed by atoms with Crippen molar-refractivity contribution in [2.24, 2.45) is 0 Å². The molecule has 0 atom stereocenters. The summed E-state index contributed by atoms with van der Waals surface area (Å²) in [6.45, 7) is 2.11. The van der Waals surface area contributed by atoms with Crippen LogP contribution in [0.4, 0.5) is 0 Å². The van der Waals surface area contributed by atoms with Crippen molar-refractivity contribution in [1.29, 1.82) is 0 Å². The van der Waals surface area contributed by atoms with Crippen molar-refractivity contribution in [2.45, 2.75) is 19.8 Å². The number of carbonyl (C=O) groups excluding carboxylic acids is 1. The van der Waals surface area contributed by atoms with Gasteiger partial charge in [0.2, 0.25) is 0 Å². The number of thiocarbonyl (C=S) groups is 1. The molecular formula is C18H16ClN3O3S2. The van der Waals surface area contributed by atoms with E-state index in [2.05, 4.69) is 5.10 Å². The van der Waals surface area contributed by atoms with Crippen LogP contribution in [0.25, 0.3) is 11.8 Å². The van der Waals surface area contributed by atoms with Crippen molar-refractivity contribution in [3.05, 3.63) is 51.6 Å². The molecule has 2 heterocycles. The van der Waals surface area contributed by atoms with Crippen LogP contribution in [0.5, 0.6) is 0 Å². The van der Waals surface area contributed by atoms with Gasteiger partial charge in [0.1, 0.15) is 9.47 Å². The number of hydrogen-bond donors (Lipinski definition) is 1. The third-order valence-corrected chi connectivity index (χ3v) is 5.71. The lowest BCUT2D eigenvalue weighted by atomic mass is 10.2. The fourth-order valence-corrected chi connectivity index (χ4v) is 4.24. The first-order valence-corrected chi connectivity index (χ1v) is 9.76. The van der Waals surface area contributed by atoms with E-state index in [-0.39, 0.29) is 18.9 Å². The Bertz CT molecular complexity index is 941. The van der Waals surface area contributed by atoms with E-state index in [1.807, 2.05) is 37.3 Å². The molecule has 0 spiro atoms. The molecule has 27 heavy (non-hydrogen) atoms. The van der Waals surface area contributed by atoms with Crippen molar-refractivity contribution >= 4 is 57.9 Å². The lowest BCUT2D eigenvalue weighted by Gasteiger charge is -2.13. The third-order valence-electron chi connectivity index (χ3n) is 3.97. The fourth-order valence-electron chi connectivity index (χ4n) is 2.63. The van der Waals surface area contributed by atoms with Crippen LogP contribution in [0.3, 0.4) is 0 Å². The molecule has 1 aliphatic heterocycles. The topological polar surface area (TPSA) is 75.4 Å². The Morgan fingerprint density at radius 1 is 1.37 bits per heavy atom. The summed E-state index contributed by atoms with van der Waals surface area (Å²) in [6.07, 6.45) is 2.03. The number of hydrogen-bond acceptors (Lipinski definition) is 5. The Morgan fingerprint density at radius 2 is 2.07 bits per heavy atom. The highest BCUT2D eigenvalue weighted by Crippen LogP contribution is 2.35. The van der Waals surface area contributed by atoms with Gasteiger partial charge >= 0.3 is 5.97 Å². The number of carboxylic acid groups (broad SMARTS) is 1. The zero-order chi connectivity index (χ0) is 19.6. The molecule has 1 aromatic carbocycles. The SMILES string of the molecule is Cc1nn(-c2ccccc2)c(Cl)c1C=C1SC(=S)N(CCCC(=O)O)C1=O. The monoisotopic (exact) mass is 421 g/mol. The largest absolute Gasteiger partial charge is 0.481 e. The zero-order valence-corrected chi connectivity index (χ0v) is 16.8. The maximum atomic E-state index is 12.6. The second kappa shape index (κ2) is 8.24. The summed E-state index contributed by atoms with van der Waals surface area (Å²) in [5, 5.41) is 13.6. The van der Waals surface area contributed by atoms with Gasteiger partial charge in [-0.15, -0.1) is 0 Å². The molecule has 3 rings (SSSR count). The second-order valence-electron chi connectivity index (χ2n) is 5.87. The molecule has 0 unspecified atom stereocenters. The van der Waals surface area contributed by atoms with E-state index in [0.29, 0.717) is 32.1 Å². The Kier molecular flexibility index (Phi) is 5.98. The van der Waals surface area contributed by atoms with E-state index in [1.54, 1.807) is 10.8 Å². The normalized spacial score (nSPS) is 15.8. The molecule has 1 saturated heterocycles. The van der Waals surface area contributed by atoms with Gasteiger partial charge in [-0.3, -0.25) is 14.5 Å². The lowest BCUT2D eigenvalue weighted by Crippen LogP contribution is -2.29. The van der Waals surface area contributed by atoms with Gasteiger partial charge in [-0.2, -0.15) is 5.10 Å². The summed E-state index contributed by atoms with van der Waals surface area (Å²) in [5.74, 6) is -1.13. The predicted molar refractivity (Wildman–Crippen MR) is 110 cm³/mol. The fraction of sp³-hybridized carbons (Fsp3) is 0.222. The van der Waals surface area contributed by atoms with Crippen LogP contribution in [0.1, 0.15) is 24.1 Å². The van der Waals surface area contributed by atoms with Gasteiger partial charge in [0.15, 0.2) is 0 Å². The number of para-hydroxylation sites is 1. The van der Waals surface area contributed by atoms with Gasteiger partial charge in [-0.05, 0) is 31.6 Å². The molecule has 1 aliphatic rings. The first-order chi connectivity index (χ1) is 12.9. The molecule has 0 radical (unpaired) electrons. The number of carboxylic acids is 1. The van der Waals surface area contributed by atoms with Crippen molar-refractivity contribution in [1.82, 2.24) is 14.7 Å². The van der Waals surface area contributed by atoms with Crippen LogP contribution >= 0.6 is 35.6 Å². The molecule has 1 amide bonds. The summed E-state index contributed by atoms with van der Waals surface area (Å²) >= 11 is 13.0. The minimum atomic E-state index is -0.897. The minimum Gasteiger partial charge on any atom is -0.481 e. The molecule has 9 heteroatoms. The van der Waals surface area contributed by atoms with Crippen LogP contribution in [0, 0.1) is 6.92 Å². The van der Waals surface area contributed by atoms with Crippen LogP contribution in [-0.4, -0.2) is 42.5 Å². The molecule has 0 saturated carbocycles. The van der Waals surface area contributed by atoms with Crippen LogP contribution in [0.15, 0.2) is 35.2 Å². The van der Waals surface area contributed by atoms with Gasteiger partial charge in [-0.1, -0.05) is 53.8 Å². The smallest absolute Gasteiger partial charge is 0.303 e. The van der Waals surface area contributed by atoms with Crippen molar-refractivity contribution in [2.75, 3.05) is 6.54 Å². The van der Waals surface area contributed by atoms with Crippen LogP contribution in [-0.2, 0) is 9.59 Å². The second-order valence-corrected chi connectivity index (χ2v) is 7.90. The van der Waals surface area contributed by atoms with Crippen LogP contribution < -0.4 is 0 Å². The number of halogens is 1. The average molecular weight is 422 g/mol. The van der Waals surface area contributed by atoms with Gasteiger partial charge in [-0.25, -0.2) is 4.68 Å². The Balaban J connectivity index is 1.85. The number of benzene rings is 1. The van der Waals surface area contributed by atoms with Gasteiger partial charge in [0, 0.05) is 18.5 Å². The summed E-state index contributed by atoms with van der Waals surface area (Å²) in [4.78, 5) is 25.2. The molecule has 1 N–H and O–H groups in total. The van der Waals surface area contributed by atoms with Gasteiger partial charge in [0.05, 0.1) is 16.3 Å². The number of aromatic nitrogens is 2. The number of amides is 1. The van der Waals surface area contributed by atoms with E-state index in [9.17, 15) is 9.59 Å². The Labute approximate surface area is 170 Å². The van der Waals surface area contributed by atoms with E-state index < -0.39 is 5.97 Å². The van der Waals surface area contributed by atoms with Crippen molar-refractivity contribution in [3.63, 3.8) is 0 Å². The minimum absolute atomic E-state index is 0.00904. The highest BCUT2D eigenvalue weighted by Gasteiger charge is 2.32. The van der Waals surface area contributed by atoms with Crippen molar-refractivity contribution < 1.29 is 14.7 Å². The number of rotatable bonds is 6. The summed E-state index contributed by atoms with van der Waals surface area (Å²) in [6, 6.07) is 9.48. The number of carbonyl (C=O) groups is 2. The molecule has 2 aromatic rings. The molecule has 6 nitrogen and oxygen atoms in total. The molecule has 0 aliphatic carbocycles. The zero-order valence-electron chi connectivity index (χ0n) is 14.4. The Morgan fingerprint density at radius 3 is 2.74 bits per heavy atom. The molecule has 140 valence electrons.